The second kappa shape index (κ2) is 9.27. The number of carbonyl (C=O) groups excluding carboxylic acids is 1. The Balaban J connectivity index is 1.15. The van der Waals surface area contributed by atoms with Crippen molar-refractivity contribution in [2.45, 2.75) is 24.9 Å². The van der Waals surface area contributed by atoms with Gasteiger partial charge in [0.05, 0.1) is 0 Å². The fourth-order valence-corrected chi connectivity index (χ4v) is 6.05. The van der Waals surface area contributed by atoms with Crippen LogP contribution in [0, 0.1) is 12.8 Å². The summed E-state index contributed by atoms with van der Waals surface area (Å²) in [5, 5.41) is 6.54. The highest BCUT2D eigenvalue weighted by atomic mass is 32.2. The number of piperazine rings is 1. The van der Waals surface area contributed by atoms with E-state index in [4.69, 9.17) is 4.42 Å². The molecule has 4 heterocycles. The largest absolute Gasteiger partial charge is 0.442 e. The summed E-state index contributed by atoms with van der Waals surface area (Å²) in [6.07, 6.45) is 2.62. The van der Waals surface area contributed by atoms with E-state index in [2.05, 4.69) is 46.3 Å². The molecule has 0 unspecified atom stereocenters. The minimum Gasteiger partial charge on any atom is -0.442 e. The second-order valence-electron chi connectivity index (χ2n) is 8.92. The summed E-state index contributed by atoms with van der Waals surface area (Å²) >= 11 is 0. The molecule has 1 aromatic carbocycles. The highest BCUT2D eigenvalue weighted by Crippen LogP contribution is 2.29. The number of furan rings is 1. The number of H-pyrrole nitrogens is 1. The number of nitrogens with zero attached hydrogens (tertiary/aromatic N) is 4. The van der Waals surface area contributed by atoms with Gasteiger partial charge in [-0.25, -0.2) is 8.42 Å². The highest BCUT2D eigenvalue weighted by molar-refractivity contribution is 7.89. The van der Waals surface area contributed by atoms with Gasteiger partial charge >= 0.3 is 0 Å². The fraction of sp³-hybridized carbons (Fsp3) is 0.417. The first-order valence-corrected chi connectivity index (χ1v) is 13.1. The van der Waals surface area contributed by atoms with Crippen molar-refractivity contribution in [1.29, 1.82) is 0 Å². The molecular weight excluding hydrogens is 454 g/mol. The van der Waals surface area contributed by atoms with E-state index in [9.17, 15) is 13.2 Å². The number of anilines is 1. The van der Waals surface area contributed by atoms with Crippen LogP contribution < -0.4 is 4.90 Å². The molecule has 2 saturated heterocycles. The van der Waals surface area contributed by atoms with Crippen LogP contribution in [0.4, 0.5) is 5.69 Å². The van der Waals surface area contributed by atoms with Crippen molar-refractivity contribution in [3.8, 4) is 11.5 Å². The van der Waals surface area contributed by atoms with Crippen molar-refractivity contribution in [1.82, 2.24) is 19.4 Å². The fourth-order valence-electron chi connectivity index (χ4n) is 4.67. The summed E-state index contributed by atoms with van der Waals surface area (Å²) in [5.74, 6) is 0.417. The van der Waals surface area contributed by atoms with Crippen LogP contribution in [0.1, 0.15) is 18.4 Å². The molecule has 2 fully saturated rings. The zero-order chi connectivity index (χ0) is 23.7. The van der Waals surface area contributed by atoms with E-state index >= 15 is 0 Å². The molecule has 0 saturated carbocycles. The molecule has 0 atom stereocenters. The number of nitrogens with one attached hydrogen (secondary N) is 1. The monoisotopic (exact) mass is 483 g/mol. The molecule has 34 heavy (non-hydrogen) atoms. The number of hydrogen-bond acceptors (Lipinski definition) is 6. The van der Waals surface area contributed by atoms with Crippen LogP contribution in [0.25, 0.3) is 11.5 Å². The molecule has 2 aromatic heterocycles. The van der Waals surface area contributed by atoms with Crippen LogP contribution in [0.5, 0.6) is 0 Å². The van der Waals surface area contributed by atoms with Gasteiger partial charge in [-0.3, -0.25) is 9.89 Å². The van der Waals surface area contributed by atoms with Gasteiger partial charge in [0.1, 0.15) is 5.69 Å². The molecule has 3 aromatic rings. The highest BCUT2D eigenvalue weighted by Gasteiger charge is 2.36. The zero-order valence-electron chi connectivity index (χ0n) is 19.2. The Hall–Kier alpha value is -3.11. The molecular formula is C24H29N5O4S. The summed E-state index contributed by atoms with van der Waals surface area (Å²) in [7, 11) is -3.75. The van der Waals surface area contributed by atoms with E-state index in [1.807, 2.05) is 4.90 Å². The number of rotatable bonds is 5. The van der Waals surface area contributed by atoms with Gasteiger partial charge in [0.2, 0.25) is 11.0 Å². The third kappa shape index (κ3) is 4.47. The molecule has 5 rings (SSSR count). The molecule has 180 valence electrons. The van der Waals surface area contributed by atoms with Gasteiger partial charge in [-0.2, -0.15) is 9.40 Å². The van der Waals surface area contributed by atoms with E-state index in [0.29, 0.717) is 50.5 Å². The van der Waals surface area contributed by atoms with Crippen LogP contribution in [0.2, 0.25) is 0 Å². The number of amides is 1. The smallest absolute Gasteiger partial charge is 0.276 e. The zero-order valence-corrected chi connectivity index (χ0v) is 20.0. The van der Waals surface area contributed by atoms with Crippen molar-refractivity contribution in [2.24, 2.45) is 5.92 Å². The third-order valence-corrected chi connectivity index (χ3v) is 8.51. The van der Waals surface area contributed by atoms with E-state index in [1.54, 1.807) is 18.3 Å². The molecule has 0 bridgehead atoms. The van der Waals surface area contributed by atoms with Crippen molar-refractivity contribution in [2.75, 3.05) is 44.2 Å². The van der Waals surface area contributed by atoms with Crippen molar-refractivity contribution < 1.29 is 17.6 Å². The molecule has 0 radical (unpaired) electrons. The SMILES string of the molecule is Cc1ccc(N2CCN(C(=O)C3CCN(S(=O)(=O)c4ccc(-c5ccn[nH]5)o4)CC3)CC2)cc1. The lowest BCUT2D eigenvalue weighted by Gasteiger charge is -2.39. The predicted molar refractivity (Wildman–Crippen MR) is 128 cm³/mol. The van der Waals surface area contributed by atoms with Crippen LogP contribution in [0.15, 0.2) is 58.2 Å². The number of aromatic nitrogens is 2. The van der Waals surface area contributed by atoms with Crippen molar-refractivity contribution in [3.63, 3.8) is 0 Å². The quantitative estimate of drug-likeness (QED) is 0.599. The van der Waals surface area contributed by atoms with Gasteiger partial charge in [0.15, 0.2) is 5.76 Å². The van der Waals surface area contributed by atoms with E-state index in [1.165, 1.54) is 21.6 Å². The first kappa shape index (κ1) is 22.7. The molecule has 1 N–H and O–H groups in total. The van der Waals surface area contributed by atoms with Crippen LogP contribution in [-0.2, 0) is 14.8 Å². The standard InChI is InChI=1S/C24H29N5O4S/c1-18-2-4-20(5-3-18)27-14-16-28(17-15-27)24(30)19-9-12-29(13-10-19)34(31,32)23-7-6-22(33-23)21-8-11-25-26-21/h2-8,11,19H,9-10,12-17H2,1H3,(H,25,26). The molecule has 1 amide bonds. The molecule has 10 heteroatoms. The first-order chi connectivity index (χ1) is 16.4. The number of carbonyl (C=O) groups is 1. The number of piperidine rings is 1. The molecule has 0 spiro atoms. The predicted octanol–water partition coefficient (Wildman–Crippen LogP) is 2.73. The molecule has 0 aliphatic carbocycles. The lowest BCUT2D eigenvalue weighted by atomic mass is 9.96. The minimum absolute atomic E-state index is 0.0888. The summed E-state index contributed by atoms with van der Waals surface area (Å²) in [5.41, 5.74) is 3.04. The Morgan fingerprint density at radius 3 is 2.32 bits per heavy atom. The Kier molecular flexibility index (Phi) is 6.18. The topological polar surface area (TPSA) is 103 Å². The molecule has 9 nitrogen and oxygen atoms in total. The van der Waals surface area contributed by atoms with Crippen LogP contribution >= 0.6 is 0 Å². The third-order valence-electron chi connectivity index (χ3n) is 6.74. The van der Waals surface area contributed by atoms with Gasteiger partial charge in [-0.15, -0.1) is 0 Å². The van der Waals surface area contributed by atoms with Gasteiger partial charge in [-0.05, 0) is 50.1 Å². The lowest BCUT2D eigenvalue weighted by Crippen LogP contribution is -2.52. The van der Waals surface area contributed by atoms with Gasteiger partial charge in [-0.1, -0.05) is 17.7 Å². The maximum atomic E-state index is 13.1. The van der Waals surface area contributed by atoms with Gasteiger partial charge < -0.3 is 14.2 Å². The van der Waals surface area contributed by atoms with E-state index < -0.39 is 10.0 Å². The Labute approximate surface area is 199 Å². The maximum Gasteiger partial charge on any atom is 0.276 e. The van der Waals surface area contributed by atoms with Crippen molar-refractivity contribution in [3.05, 3.63) is 54.2 Å². The summed E-state index contributed by atoms with van der Waals surface area (Å²) in [4.78, 5) is 17.4. The number of aryl methyl sites for hydroxylation is 1. The Bertz CT molecular complexity index is 1220. The average Bonchev–Trinajstić information content (AvgIpc) is 3.57. The lowest BCUT2D eigenvalue weighted by molar-refractivity contribution is -0.137. The molecule has 2 aliphatic heterocycles. The number of benzene rings is 1. The second-order valence-corrected chi connectivity index (χ2v) is 10.8. The minimum atomic E-state index is -3.75. The normalized spacial score (nSPS) is 18.4. The Morgan fingerprint density at radius 2 is 1.68 bits per heavy atom. The van der Waals surface area contributed by atoms with Gasteiger partial charge in [0, 0.05) is 57.1 Å². The van der Waals surface area contributed by atoms with Gasteiger partial charge in [0.25, 0.3) is 10.0 Å². The first-order valence-electron chi connectivity index (χ1n) is 11.6. The van der Waals surface area contributed by atoms with E-state index in [-0.39, 0.29) is 16.9 Å². The Morgan fingerprint density at radius 1 is 0.971 bits per heavy atom. The average molecular weight is 484 g/mol. The van der Waals surface area contributed by atoms with Crippen LogP contribution in [-0.4, -0.2) is 73.0 Å². The number of hydrogen-bond donors (Lipinski definition) is 1. The van der Waals surface area contributed by atoms with E-state index in [0.717, 1.165) is 13.1 Å². The van der Waals surface area contributed by atoms with Crippen LogP contribution in [0.3, 0.4) is 0 Å². The van der Waals surface area contributed by atoms with Crippen molar-refractivity contribution >= 4 is 21.6 Å². The number of sulfonamides is 1. The number of aromatic amines is 1. The summed E-state index contributed by atoms with van der Waals surface area (Å²) < 4.78 is 33.1. The molecule has 2 aliphatic rings. The maximum absolute atomic E-state index is 13.1. The summed E-state index contributed by atoms with van der Waals surface area (Å²) in [6.45, 7) is 5.68. The summed E-state index contributed by atoms with van der Waals surface area (Å²) in [6, 6.07) is 13.3.